The molecule has 1 amide bonds. The van der Waals surface area contributed by atoms with Crippen LogP contribution < -0.4 is 14.2 Å². The van der Waals surface area contributed by atoms with Gasteiger partial charge in [0.1, 0.15) is 29.1 Å². The van der Waals surface area contributed by atoms with Crippen molar-refractivity contribution >= 4 is 12.1 Å². The van der Waals surface area contributed by atoms with Crippen molar-refractivity contribution in [2.75, 3.05) is 20.8 Å². The average molecular weight is 585 g/mol. The summed E-state index contributed by atoms with van der Waals surface area (Å²) < 4.78 is 27.9. The van der Waals surface area contributed by atoms with Gasteiger partial charge in [0.25, 0.3) is 0 Å². The van der Waals surface area contributed by atoms with Crippen molar-refractivity contribution in [3.05, 3.63) is 95.9 Å². The Morgan fingerprint density at radius 2 is 1.56 bits per heavy atom. The molecule has 2 heterocycles. The number of nitrogens with zero attached hydrogens (tertiary/aromatic N) is 2. The summed E-state index contributed by atoms with van der Waals surface area (Å²) >= 11 is 0. The maximum Gasteiger partial charge on any atom is 0.416 e. The van der Waals surface area contributed by atoms with Crippen molar-refractivity contribution in [1.82, 2.24) is 9.88 Å². The predicted octanol–water partition coefficient (Wildman–Crippen LogP) is 6.94. The van der Waals surface area contributed by atoms with Gasteiger partial charge in [0.15, 0.2) is 0 Å². The molecule has 0 N–H and O–H groups in total. The van der Waals surface area contributed by atoms with Crippen LogP contribution in [-0.4, -0.2) is 48.8 Å². The number of hydrogen-bond acceptors (Lipinski definition) is 8. The SMILES string of the molecule is COC(=O)[C@@H]1CCCC[C@@H](c2ccc(OCCc3nc(-c4ccccc4)oc3C)cc2)N1C(=O)Oc1ccc(OC)cc1. The van der Waals surface area contributed by atoms with Crippen LogP contribution in [0.25, 0.3) is 11.5 Å². The molecule has 0 bridgehead atoms. The summed E-state index contributed by atoms with van der Waals surface area (Å²) in [5, 5.41) is 0. The highest BCUT2D eigenvalue weighted by molar-refractivity contribution is 5.82. The second-order valence-electron chi connectivity index (χ2n) is 10.3. The fraction of sp³-hybridized carbons (Fsp3) is 0.324. The monoisotopic (exact) mass is 584 g/mol. The summed E-state index contributed by atoms with van der Waals surface area (Å²) in [4.78, 5) is 32.6. The molecule has 3 aromatic carbocycles. The van der Waals surface area contributed by atoms with Gasteiger partial charge in [-0.05, 0) is 73.9 Å². The zero-order chi connectivity index (χ0) is 30.2. The predicted molar refractivity (Wildman–Crippen MR) is 160 cm³/mol. The lowest BCUT2D eigenvalue weighted by molar-refractivity contribution is -0.147. The standard InChI is InChI=1S/C34H36N2O7/c1-23-29(35-32(42-23)25-9-5-4-6-10-25)21-22-41-27-15-13-24(14-16-27)30-11-7-8-12-31(33(37)40-3)36(30)34(38)43-28-19-17-26(39-2)18-20-28/h4-6,9-10,13-20,30-31H,7-8,11-12,21-22H2,1-3H3/t30-,31-/m0/s1. The van der Waals surface area contributed by atoms with Crippen LogP contribution in [0.15, 0.2) is 83.3 Å². The molecule has 9 nitrogen and oxygen atoms in total. The third kappa shape index (κ3) is 7.17. The van der Waals surface area contributed by atoms with E-state index in [9.17, 15) is 9.59 Å². The van der Waals surface area contributed by atoms with Crippen LogP contribution in [0.1, 0.15) is 48.7 Å². The van der Waals surface area contributed by atoms with Gasteiger partial charge in [0.05, 0.1) is 32.6 Å². The number of amides is 1. The molecule has 0 radical (unpaired) electrons. The van der Waals surface area contributed by atoms with E-state index in [-0.39, 0.29) is 6.04 Å². The molecule has 1 saturated heterocycles. The Balaban J connectivity index is 1.28. The van der Waals surface area contributed by atoms with Gasteiger partial charge < -0.3 is 23.4 Å². The van der Waals surface area contributed by atoms with Gasteiger partial charge in [0.2, 0.25) is 5.89 Å². The van der Waals surface area contributed by atoms with Crippen molar-refractivity contribution in [2.24, 2.45) is 0 Å². The molecule has 9 heteroatoms. The largest absolute Gasteiger partial charge is 0.497 e. The molecule has 1 aliphatic rings. The Hall–Kier alpha value is -4.79. The lowest BCUT2D eigenvalue weighted by Crippen LogP contribution is -2.48. The third-order valence-electron chi connectivity index (χ3n) is 7.61. The molecule has 0 saturated carbocycles. The van der Waals surface area contributed by atoms with Crippen molar-refractivity contribution in [1.29, 1.82) is 0 Å². The highest BCUT2D eigenvalue weighted by atomic mass is 16.6. The van der Waals surface area contributed by atoms with Gasteiger partial charge >= 0.3 is 12.1 Å². The number of carbonyl (C=O) groups excluding carboxylic acids is 2. The average Bonchev–Trinajstić information content (AvgIpc) is 3.26. The summed E-state index contributed by atoms with van der Waals surface area (Å²) in [7, 11) is 2.91. The van der Waals surface area contributed by atoms with E-state index in [0.717, 1.165) is 35.4 Å². The molecule has 0 aliphatic carbocycles. The number of oxazole rings is 1. The van der Waals surface area contributed by atoms with Crippen LogP contribution in [0.2, 0.25) is 0 Å². The maximum absolute atomic E-state index is 13.6. The number of ether oxygens (including phenoxy) is 4. The minimum absolute atomic E-state index is 0.361. The molecule has 1 aliphatic heterocycles. The second-order valence-corrected chi connectivity index (χ2v) is 10.3. The number of esters is 1. The Bertz CT molecular complexity index is 1500. The first-order chi connectivity index (χ1) is 21.0. The number of hydrogen-bond donors (Lipinski definition) is 0. The first kappa shape index (κ1) is 29.7. The number of likely N-dealkylation sites (tertiary alicyclic amines) is 1. The molecule has 1 aromatic heterocycles. The van der Waals surface area contributed by atoms with Gasteiger partial charge in [-0.3, -0.25) is 4.90 Å². The van der Waals surface area contributed by atoms with Gasteiger partial charge in [0, 0.05) is 12.0 Å². The first-order valence-electron chi connectivity index (χ1n) is 14.4. The highest BCUT2D eigenvalue weighted by Crippen LogP contribution is 2.35. The topological polar surface area (TPSA) is 100 Å². The summed E-state index contributed by atoms with van der Waals surface area (Å²) in [6.07, 6.45) is 2.81. The number of carbonyl (C=O) groups is 2. The molecular weight excluding hydrogens is 548 g/mol. The normalized spacial score (nSPS) is 16.7. The highest BCUT2D eigenvalue weighted by Gasteiger charge is 2.39. The van der Waals surface area contributed by atoms with Crippen molar-refractivity contribution in [3.63, 3.8) is 0 Å². The number of benzene rings is 3. The Morgan fingerprint density at radius 3 is 2.26 bits per heavy atom. The number of methoxy groups -OCH3 is 2. The first-order valence-corrected chi connectivity index (χ1v) is 14.4. The molecule has 43 heavy (non-hydrogen) atoms. The number of aryl methyl sites for hydroxylation is 1. The minimum Gasteiger partial charge on any atom is -0.497 e. The van der Waals surface area contributed by atoms with E-state index in [1.807, 2.05) is 61.5 Å². The molecule has 0 unspecified atom stereocenters. The molecule has 2 atom stereocenters. The van der Waals surface area contributed by atoms with Gasteiger partial charge in [-0.25, -0.2) is 14.6 Å². The Labute approximate surface area is 251 Å². The van der Waals surface area contributed by atoms with Crippen molar-refractivity contribution in [3.8, 4) is 28.7 Å². The minimum atomic E-state index is -0.759. The summed E-state index contributed by atoms with van der Waals surface area (Å²) in [5.74, 6) is 2.61. The molecule has 4 aromatic rings. The van der Waals surface area contributed by atoms with Crippen LogP contribution in [0, 0.1) is 6.92 Å². The quantitative estimate of drug-likeness (QED) is 0.195. The number of aromatic nitrogens is 1. The zero-order valence-corrected chi connectivity index (χ0v) is 24.7. The van der Waals surface area contributed by atoms with Gasteiger partial charge in [-0.2, -0.15) is 0 Å². The lowest BCUT2D eigenvalue weighted by atomic mass is 10.0. The molecular formula is C34H36N2O7. The molecule has 5 rings (SSSR count). The summed E-state index contributed by atoms with van der Waals surface area (Å²) in [5.41, 5.74) is 2.67. The Kier molecular flexibility index (Phi) is 9.61. The summed E-state index contributed by atoms with van der Waals surface area (Å²) in [6, 6.07) is 23.0. The van der Waals surface area contributed by atoms with Crippen LogP contribution in [0.5, 0.6) is 17.2 Å². The number of rotatable bonds is 9. The molecule has 224 valence electrons. The molecule has 0 spiro atoms. The third-order valence-corrected chi connectivity index (χ3v) is 7.61. The fourth-order valence-electron chi connectivity index (χ4n) is 5.33. The maximum atomic E-state index is 13.6. The summed E-state index contributed by atoms with van der Waals surface area (Å²) in [6.45, 7) is 2.33. The van der Waals surface area contributed by atoms with E-state index in [1.165, 1.54) is 12.0 Å². The lowest BCUT2D eigenvalue weighted by Gasteiger charge is -2.34. The van der Waals surface area contributed by atoms with Gasteiger partial charge in [-0.15, -0.1) is 0 Å². The van der Waals surface area contributed by atoms with Crippen LogP contribution >= 0.6 is 0 Å². The van der Waals surface area contributed by atoms with E-state index in [4.69, 9.17) is 23.4 Å². The van der Waals surface area contributed by atoms with Crippen molar-refractivity contribution < 1.29 is 33.0 Å². The second kappa shape index (κ2) is 13.9. The fourth-order valence-corrected chi connectivity index (χ4v) is 5.33. The molecule has 1 fully saturated rings. The van der Waals surface area contributed by atoms with E-state index in [0.29, 0.717) is 49.0 Å². The van der Waals surface area contributed by atoms with E-state index in [1.54, 1.807) is 31.4 Å². The van der Waals surface area contributed by atoms with Crippen LogP contribution in [-0.2, 0) is 16.0 Å². The van der Waals surface area contributed by atoms with Crippen molar-refractivity contribution in [2.45, 2.75) is 51.1 Å². The van der Waals surface area contributed by atoms with E-state index >= 15 is 0 Å². The zero-order valence-electron chi connectivity index (χ0n) is 24.7. The smallest absolute Gasteiger partial charge is 0.416 e. The van der Waals surface area contributed by atoms with Crippen LogP contribution in [0.4, 0.5) is 4.79 Å². The van der Waals surface area contributed by atoms with E-state index < -0.39 is 18.1 Å². The van der Waals surface area contributed by atoms with E-state index in [2.05, 4.69) is 4.98 Å². The van der Waals surface area contributed by atoms with Gasteiger partial charge in [-0.1, -0.05) is 43.2 Å². The van der Waals surface area contributed by atoms with Crippen LogP contribution in [0.3, 0.4) is 0 Å². The Morgan fingerprint density at radius 1 is 0.884 bits per heavy atom.